The number of allylic oxidation sites excluding steroid dienone is 7. The Bertz CT molecular complexity index is 458. The predicted molar refractivity (Wildman–Crippen MR) is 92.2 cm³/mol. The third-order valence-electron chi connectivity index (χ3n) is 4.11. The van der Waals surface area contributed by atoms with Gasteiger partial charge in [-0.2, -0.15) is 0 Å². The smallest absolute Gasteiger partial charge is 0.155 e. The van der Waals surface area contributed by atoms with Crippen LogP contribution in [0, 0.1) is 11.8 Å². The minimum Gasteiger partial charge on any atom is -0.295 e. The van der Waals surface area contributed by atoms with E-state index in [0.29, 0.717) is 18.3 Å². The van der Waals surface area contributed by atoms with E-state index in [1.807, 2.05) is 13.8 Å². The Labute approximate surface area is 130 Å². The second-order valence-electron chi connectivity index (χ2n) is 6.68. The maximum absolute atomic E-state index is 12.0. The highest BCUT2D eigenvalue weighted by molar-refractivity contribution is 5.90. The van der Waals surface area contributed by atoms with Gasteiger partial charge in [0.25, 0.3) is 0 Å². The Morgan fingerprint density at radius 3 is 2.81 bits per heavy atom. The van der Waals surface area contributed by atoms with Gasteiger partial charge in [-0.25, -0.2) is 0 Å². The molecule has 21 heavy (non-hydrogen) atoms. The van der Waals surface area contributed by atoms with Gasteiger partial charge in [0.15, 0.2) is 5.78 Å². The van der Waals surface area contributed by atoms with E-state index in [-0.39, 0.29) is 5.78 Å². The Morgan fingerprint density at radius 2 is 2.14 bits per heavy atom. The first-order valence-corrected chi connectivity index (χ1v) is 8.08. The first-order chi connectivity index (χ1) is 9.88. The Hall–Kier alpha value is -1.37. The summed E-state index contributed by atoms with van der Waals surface area (Å²) in [5, 5.41) is 0. The van der Waals surface area contributed by atoms with Crippen molar-refractivity contribution >= 4 is 5.78 Å². The summed E-state index contributed by atoms with van der Waals surface area (Å²) >= 11 is 0. The number of hydrogen-bond donors (Lipinski definition) is 0. The maximum Gasteiger partial charge on any atom is 0.155 e. The van der Waals surface area contributed by atoms with E-state index in [1.54, 1.807) is 6.08 Å². The molecule has 0 aromatic rings. The van der Waals surface area contributed by atoms with E-state index in [1.165, 1.54) is 11.1 Å². The molecule has 0 radical (unpaired) electrons. The van der Waals surface area contributed by atoms with Gasteiger partial charge in [-0.05, 0) is 64.4 Å². The molecule has 0 heterocycles. The molecule has 2 atom stereocenters. The molecule has 1 aliphatic rings. The van der Waals surface area contributed by atoms with E-state index >= 15 is 0 Å². The van der Waals surface area contributed by atoms with E-state index in [2.05, 4.69) is 38.7 Å². The van der Waals surface area contributed by atoms with Crippen molar-refractivity contribution in [3.05, 3.63) is 47.6 Å². The molecular formula is C20H30O. The summed E-state index contributed by atoms with van der Waals surface area (Å²) in [7, 11) is 0. The summed E-state index contributed by atoms with van der Waals surface area (Å²) in [5.74, 6) is 1.08. The number of ketones is 1. The molecule has 0 aromatic heterocycles. The van der Waals surface area contributed by atoms with Crippen molar-refractivity contribution in [2.45, 2.75) is 59.8 Å². The standard InChI is InChI=1S/C20H30O/c1-15(2)13-20(21)14-18(5)19-11-9-16(3)7-6-8-17(4)10-12-19/h8-9,11,13,18-19H,3,6-7,10,12,14H2,1-2,4-5H3/t18-,19-/m1/s1. The normalized spacial score (nSPS) is 21.4. The molecule has 0 fully saturated rings. The summed E-state index contributed by atoms with van der Waals surface area (Å²) < 4.78 is 0. The molecule has 0 N–H and O–H groups in total. The monoisotopic (exact) mass is 286 g/mol. The lowest BCUT2D eigenvalue weighted by atomic mass is 9.84. The van der Waals surface area contributed by atoms with Crippen LogP contribution in [0.1, 0.15) is 59.8 Å². The van der Waals surface area contributed by atoms with Crippen molar-refractivity contribution in [3.63, 3.8) is 0 Å². The van der Waals surface area contributed by atoms with Gasteiger partial charge >= 0.3 is 0 Å². The number of carbonyl (C=O) groups is 1. The summed E-state index contributed by atoms with van der Waals surface area (Å²) in [6.45, 7) is 12.5. The second kappa shape index (κ2) is 8.81. The Morgan fingerprint density at radius 1 is 1.43 bits per heavy atom. The summed E-state index contributed by atoms with van der Waals surface area (Å²) in [4.78, 5) is 12.0. The highest BCUT2D eigenvalue weighted by atomic mass is 16.1. The highest BCUT2D eigenvalue weighted by Crippen LogP contribution is 2.27. The fraction of sp³-hybridized carbons (Fsp3) is 0.550. The molecule has 1 aliphatic carbocycles. The van der Waals surface area contributed by atoms with E-state index in [9.17, 15) is 4.79 Å². The van der Waals surface area contributed by atoms with Gasteiger partial charge in [-0.15, -0.1) is 0 Å². The zero-order chi connectivity index (χ0) is 15.8. The molecule has 0 aliphatic heterocycles. The van der Waals surface area contributed by atoms with Crippen LogP contribution in [0.5, 0.6) is 0 Å². The van der Waals surface area contributed by atoms with Crippen molar-refractivity contribution in [1.82, 2.24) is 0 Å². The first kappa shape index (κ1) is 17.7. The van der Waals surface area contributed by atoms with Crippen LogP contribution in [0.2, 0.25) is 0 Å². The molecule has 0 saturated heterocycles. The zero-order valence-corrected chi connectivity index (χ0v) is 14.1. The largest absolute Gasteiger partial charge is 0.295 e. The molecule has 0 aromatic carbocycles. The average Bonchev–Trinajstić information content (AvgIpc) is 2.37. The lowest BCUT2D eigenvalue weighted by Gasteiger charge is -2.21. The molecule has 0 amide bonds. The van der Waals surface area contributed by atoms with Crippen molar-refractivity contribution in [2.24, 2.45) is 11.8 Å². The van der Waals surface area contributed by atoms with Crippen LogP contribution in [0.25, 0.3) is 0 Å². The lowest BCUT2D eigenvalue weighted by molar-refractivity contribution is -0.115. The molecular weight excluding hydrogens is 256 g/mol. The van der Waals surface area contributed by atoms with Crippen LogP contribution in [-0.2, 0) is 4.79 Å². The minimum absolute atomic E-state index is 0.249. The number of carbonyl (C=O) groups excluding carboxylic acids is 1. The summed E-state index contributed by atoms with van der Waals surface area (Å²) in [6.07, 6.45) is 13.6. The second-order valence-corrected chi connectivity index (χ2v) is 6.68. The minimum atomic E-state index is 0.249. The van der Waals surface area contributed by atoms with Gasteiger partial charge in [0.05, 0.1) is 0 Å². The van der Waals surface area contributed by atoms with Crippen molar-refractivity contribution in [3.8, 4) is 0 Å². The van der Waals surface area contributed by atoms with Gasteiger partial charge in [0.1, 0.15) is 0 Å². The molecule has 0 spiro atoms. The van der Waals surface area contributed by atoms with Crippen LogP contribution >= 0.6 is 0 Å². The Kier molecular flexibility index (Phi) is 7.42. The molecule has 116 valence electrons. The van der Waals surface area contributed by atoms with Gasteiger partial charge in [-0.3, -0.25) is 4.79 Å². The topological polar surface area (TPSA) is 17.1 Å². The van der Waals surface area contributed by atoms with Crippen molar-refractivity contribution < 1.29 is 4.79 Å². The maximum atomic E-state index is 12.0. The third-order valence-corrected chi connectivity index (χ3v) is 4.11. The SMILES string of the molecule is C=C1C=C[C@@H]([C@H](C)CC(=O)C=C(C)C)CCC(C)=CCC1. The van der Waals surface area contributed by atoms with E-state index in [4.69, 9.17) is 0 Å². The highest BCUT2D eigenvalue weighted by Gasteiger charge is 2.17. The van der Waals surface area contributed by atoms with Gasteiger partial charge in [0, 0.05) is 6.42 Å². The molecule has 0 saturated carbocycles. The van der Waals surface area contributed by atoms with Crippen LogP contribution in [0.3, 0.4) is 0 Å². The number of hydrogen-bond acceptors (Lipinski definition) is 1. The predicted octanol–water partition coefficient (Wildman–Crippen LogP) is 5.80. The fourth-order valence-electron chi connectivity index (χ4n) is 2.76. The fourth-order valence-corrected chi connectivity index (χ4v) is 2.76. The average molecular weight is 286 g/mol. The van der Waals surface area contributed by atoms with Crippen molar-refractivity contribution in [1.29, 1.82) is 0 Å². The molecule has 0 unspecified atom stereocenters. The van der Waals surface area contributed by atoms with Gasteiger partial charge < -0.3 is 0 Å². The molecule has 1 nitrogen and oxygen atoms in total. The molecule has 1 rings (SSSR count). The van der Waals surface area contributed by atoms with Crippen LogP contribution < -0.4 is 0 Å². The van der Waals surface area contributed by atoms with E-state index < -0.39 is 0 Å². The first-order valence-electron chi connectivity index (χ1n) is 8.08. The third kappa shape index (κ3) is 7.27. The lowest BCUT2D eigenvalue weighted by Crippen LogP contribution is -2.14. The van der Waals surface area contributed by atoms with E-state index in [0.717, 1.165) is 31.3 Å². The number of rotatable bonds is 4. The zero-order valence-electron chi connectivity index (χ0n) is 14.1. The molecule has 0 bridgehead atoms. The van der Waals surface area contributed by atoms with Crippen molar-refractivity contribution in [2.75, 3.05) is 0 Å². The van der Waals surface area contributed by atoms with Gasteiger partial charge in [0.2, 0.25) is 0 Å². The Balaban J connectivity index is 2.74. The van der Waals surface area contributed by atoms with Crippen LogP contribution in [0.4, 0.5) is 0 Å². The summed E-state index contributed by atoms with van der Waals surface area (Å²) in [6, 6.07) is 0. The summed E-state index contributed by atoms with van der Waals surface area (Å²) in [5.41, 5.74) is 3.74. The van der Waals surface area contributed by atoms with Gasteiger partial charge in [-0.1, -0.05) is 48.5 Å². The van der Waals surface area contributed by atoms with Crippen LogP contribution in [0.15, 0.2) is 47.6 Å². The van der Waals surface area contributed by atoms with Crippen LogP contribution in [-0.4, -0.2) is 5.78 Å². The molecule has 1 heteroatoms. The quantitative estimate of drug-likeness (QED) is 0.471.